The van der Waals surface area contributed by atoms with Crippen LogP contribution in [0.2, 0.25) is 0 Å². The van der Waals surface area contributed by atoms with E-state index in [1.807, 2.05) is 43.3 Å². The Morgan fingerprint density at radius 3 is 2.85 bits per heavy atom. The molecule has 0 aliphatic rings. The van der Waals surface area contributed by atoms with Crippen molar-refractivity contribution in [1.29, 1.82) is 0 Å². The van der Waals surface area contributed by atoms with Crippen molar-refractivity contribution in [3.63, 3.8) is 0 Å². The Balaban J connectivity index is 1.76. The summed E-state index contributed by atoms with van der Waals surface area (Å²) >= 11 is 0. The molecular formula is C16H19NO3. The van der Waals surface area contributed by atoms with Crippen LogP contribution in [-0.4, -0.2) is 31.0 Å². The SMILES string of the molecule is Cc1cccc(OCC(=O)N(C)CCc2ccco2)c1. The van der Waals surface area contributed by atoms with Gasteiger partial charge in [-0.3, -0.25) is 4.79 Å². The zero-order valence-electron chi connectivity index (χ0n) is 11.8. The number of hydrogen-bond acceptors (Lipinski definition) is 3. The number of carbonyl (C=O) groups is 1. The zero-order valence-corrected chi connectivity index (χ0v) is 11.8. The van der Waals surface area contributed by atoms with Crippen molar-refractivity contribution in [2.45, 2.75) is 13.3 Å². The van der Waals surface area contributed by atoms with E-state index >= 15 is 0 Å². The Bertz CT molecular complexity index is 549. The molecule has 0 radical (unpaired) electrons. The average molecular weight is 273 g/mol. The fraction of sp³-hybridized carbons (Fsp3) is 0.312. The van der Waals surface area contributed by atoms with Gasteiger partial charge in [-0.05, 0) is 36.8 Å². The predicted molar refractivity (Wildman–Crippen MR) is 76.7 cm³/mol. The third kappa shape index (κ3) is 4.16. The second kappa shape index (κ2) is 6.80. The summed E-state index contributed by atoms with van der Waals surface area (Å²) in [6.45, 7) is 2.66. The molecule has 0 atom stereocenters. The van der Waals surface area contributed by atoms with Gasteiger partial charge in [0.25, 0.3) is 5.91 Å². The monoisotopic (exact) mass is 273 g/mol. The maximum Gasteiger partial charge on any atom is 0.260 e. The number of hydrogen-bond donors (Lipinski definition) is 0. The largest absolute Gasteiger partial charge is 0.484 e. The Hall–Kier alpha value is -2.23. The van der Waals surface area contributed by atoms with Crippen molar-refractivity contribution in [2.75, 3.05) is 20.2 Å². The van der Waals surface area contributed by atoms with Gasteiger partial charge in [0.05, 0.1) is 6.26 Å². The number of rotatable bonds is 6. The Kier molecular flexibility index (Phi) is 4.82. The summed E-state index contributed by atoms with van der Waals surface area (Å²) in [5.74, 6) is 1.56. The number of furan rings is 1. The second-order valence-corrected chi connectivity index (χ2v) is 4.75. The van der Waals surface area contributed by atoms with E-state index in [9.17, 15) is 4.79 Å². The fourth-order valence-corrected chi connectivity index (χ4v) is 1.82. The van der Waals surface area contributed by atoms with Crippen LogP contribution in [0.3, 0.4) is 0 Å². The molecule has 1 amide bonds. The highest BCUT2D eigenvalue weighted by Gasteiger charge is 2.10. The summed E-state index contributed by atoms with van der Waals surface area (Å²) in [6.07, 6.45) is 2.34. The highest BCUT2D eigenvalue weighted by atomic mass is 16.5. The molecule has 20 heavy (non-hydrogen) atoms. The lowest BCUT2D eigenvalue weighted by Crippen LogP contribution is -2.33. The van der Waals surface area contributed by atoms with E-state index in [2.05, 4.69) is 0 Å². The number of benzene rings is 1. The summed E-state index contributed by atoms with van der Waals surface area (Å²) in [5, 5.41) is 0. The smallest absolute Gasteiger partial charge is 0.260 e. The van der Waals surface area contributed by atoms with E-state index < -0.39 is 0 Å². The predicted octanol–water partition coefficient (Wildman–Crippen LogP) is 2.67. The lowest BCUT2D eigenvalue weighted by molar-refractivity contribution is -0.132. The van der Waals surface area contributed by atoms with Gasteiger partial charge in [-0.1, -0.05) is 12.1 Å². The maximum absolute atomic E-state index is 11.9. The molecule has 0 N–H and O–H groups in total. The first-order valence-electron chi connectivity index (χ1n) is 6.61. The molecule has 0 saturated heterocycles. The van der Waals surface area contributed by atoms with Crippen LogP contribution in [0.1, 0.15) is 11.3 Å². The van der Waals surface area contributed by atoms with Gasteiger partial charge < -0.3 is 14.1 Å². The van der Waals surface area contributed by atoms with Crippen LogP contribution in [-0.2, 0) is 11.2 Å². The first-order valence-corrected chi connectivity index (χ1v) is 6.61. The summed E-state index contributed by atoms with van der Waals surface area (Å²) in [7, 11) is 1.77. The van der Waals surface area contributed by atoms with E-state index in [1.54, 1.807) is 18.2 Å². The van der Waals surface area contributed by atoms with Gasteiger partial charge >= 0.3 is 0 Å². The lowest BCUT2D eigenvalue weighted by atomic mass is 10.2. The van der Waals surface area contributed by atoms with Crippen molar-refractivity contribution >= 4 is 5.91 Å². The quantitative estimate of drug-likeness (QED) is 0.812. The molecule has 4 nitrogen and oxygen atoms in total. The summed E-state index contributed by atoms with van der Waals surface area (Å²) in [4.78, 5) is 13.6. The van der Waals surface area contributed by atoms with E-state index in [0.29, 0.717) is 13.0 Å². The molecule has 2 aromatic rings. The Morgan fingerprint density at radius 1 is 1.30 bits per heavy atom. The third-order valence-electron chi connectivity index (χ3n) is 3.05. The van der Waals surface area contributed by atoms with Gasteiger partial charge in [-0.25, -0.2) is 0 Å². The number of ether oxygens (including phenoxy) is 1. The van der Waals surface area contributed by atoms with Crippen molar-refractivity contribution in [3.05, 3.63) is 54.0 Å². The van der Waals surface area contributed by atoms with Crippen LogP contribution in [0.15, 0.2) is 47.1 Å². The molecular weight excluding hydrogens is 254 g/mol. The first kappa shape index (κ1) is 14.2. The van der Waals surface area contributed by atoms with E-state index in [1.165, 1.54) is 0 Å². The zero-order chi connectivity index (χ0) is 14.4. The highest BCUT2D eigenvalue weighted by Crippen LogP contribution is 2.12. The summed E-state index contributed by atoms with van der Waals surface area (Å²) in [6, 6.07) is 11.4. The number of nitrogens with zero attached hydrogens (tertiary/aromatic N) is 1. The third-order valence-corrected chi connectivity index (χ3v) is 3.05. The van der Waals surface area contributed by atoms with Crippen LogP contribution in [0.4, 0.5) is 0 Å². The number of amides is 1. The highest BCUT2D eigenvalue weighted by molar-refractivity contribution is 5.77. The van der Waals surface area contributed by atoms with Crippen LogP contribution in [0, 0.1) is 6.92 Å². The fourth-order valence-electron chi connectivity index (χ4n) is 1.82. The molecule has 0 aliphatic carbocycles. The number of likely N-dealkylation sites (N-methyl/N-ethyl adjacent to an activating group) is 1. The molecule has 2 rings (SSSR count). The van der Waals surface area contributed by atoms with E-state index in [4.69, 9.17) is 9.15 Å². The molecule has 0 spiro atoms. The molecule has 106 valence electrons. The van der Waals surface area contributed by atoms with Crippen molar-refractivity contribution in [2.24, 2.45) is 0 Å². The summed E-state index contributed by atoms with van der Waals surface area (Å²) in [5.41, 5.74) is 1.11. The van der Waals surface area contributed by atoms with Gasteiger partial charge in [0.2, 0.25) is 0 Å². The minimum Gasteiger partial charge on any atom is -0.484 e. The standard InChI is InChI=1S/C16H19NO3/c1-13-5-3-6-15(11-13)20-12-16(18)17(2)9-8-14-7-4-10-19-14/h3-7,10-11H,8-9,12H2,1-2H3. The minimum absolute atomic E-state index is 0.0435. The van der Waals surface area contributed by atoms with Crippen molar-refractivity contribution in [3.8, 4) is 5.75 Å². The van der Waals surface area contributed by atoms with Crippen molar-refractivity contribution in [1.82, 2.24) is 4.90 Å². The van der Waals surface area contributed by atoms with Gasteiger partial charge in [-0.15, -0.1) is 0 Å². The van der Waals surface area contributed by atoms with Gasteiger partial charge in [-0.2, -0.15) is 0 Å². The van der Waals surface area contributed by atoms with Gasteiger partial charge in [0, 0.05) is 20.0 Å². The van der Waals surface area contributed by atoms with Crippen LogP contribution in [0.5, 0.6) is 5.75 Å². The van der Waals surface area contributed by atoms with Gasteiger partial charge in [0.1, 0.15) is 11.5 Å². The molecule has 1 aromatic heterocycles. The second-order valence-electron chi connectivity index (χ2n) is 4.75. The summed E-state index contributed by atoms with van der Waals surface area (Å²) < 4.78 is 10.7. The average Bonchev–Trinajstić information content (AvgIpc) is 2.95. The molecule has 1 aromatic carbocycles. The molecule has 0 aliphatic heterocycles. The first-order chi connectivity index (χ1) is 9.65. The molecule has 0 unspecified atom stereocenters. The number of aryl methyl sites for hydroxylation is 1. The van der Waals surface area contributed by atoms with Crippen molar-refractivity contribution < 1.29 is 13.9 Å². The lowest BCUT2D eigenvalue weighted by Gasteiger charge is -2.16. The van der Waals surface area contributed by atoms with Crippen LogP contribution >= 0.6 is 0 Å². The van der Waals surface area contributed by atoms with E-state index in [-0.39, 0.29) is 12.5 Å². The van der Waals surface area contributed by atoms with E-state index in [0.717, 1.165) is 17.1 Å². The Labute approximate surface area is 119 Å². The maximum atomic E-state index is 11.9. The topological polar surface area (TPSA) is 42.7 Å². The molecule has 0 bridgehead atoms. The molecule has 0 saturated carbocycles. The minimum atomic E-state index is -0.0435. The number of carbonyl (C=O) groups excluding carboxylic acids is 1. The van der Waals surface area contributed by atoms with Crippen LogP contribution < -0.4 is 4.74 Å². The van der Waals surface area contributed by atoms with Gasteiger partial charge in [0.15, 0.2) is 6.61 Å². The normalized spacial score (nSPS) is 10.3. The Morgan fingerprint density at radius 2 is 2.15 bits per heavy atom. The molecule has 0 fully saturated rings. The molecule has 1 heterocycles. The van der Waals surface area contributed by atoms with Crippen LogP contribution in [0.25, 0.3) is 0 Å². The molecule has 4 heteroatoms.